The van der Waals surface area contributed by atoms with Crippen molar-refractivity contribution < 1.29 is 0 Å². The maximum Gasteiger partial charge on any atom is 0.0994 e. The van der Waals surface area contributed by atoms with Crippen LogP contribution in [0.3, 0.4) is 0 Å². The second-order valence-electron chi connectivity index (χ2n) is 2.46. The molecule has 0 radical (unpaired) electrons. The first-order valence-corrected chi connectivity index (χ1v) is 4.40. The van der Waals surface area contributed by atoms with Crippen LogP contribution in [0.5, 0.6) is 0 Å². The molecule has 0 bridgehead atoms. The molecule has 0 spiro atoms. The average molecular weight is 257 g/mol. The van der Waals surface area contributed by atoms with E-state index in [1.807, 2.05) is 26.0 Å². The van der Waals surface area contributed by atoms with Crippen molar-refractivity contribution in [2.45, 2.75) is 13.8 Å². The topological polar surface area (TPSA) is 23.8 Å². The van der Waals surface area contributed by atoms with E-state index < -0.39 is 0 Å². The lowest BCUT2D eigenvalue weighted by Crippen LogP contribution is -1.89. The summed E-state index contributed by atoms with van der Waals surface area (Å²) < 4.78 is 1.22. The highest BCUT2D eigenvalue weighted by Crippen LogP contribution is 2.18. The van der Waals surface area contributed by atoms with Crippen LogP contribution in [0.25, 0.3) is 0 Å². The first kappa shape index (κ1) is 8.54. The molecule has 0 saturated heterocycles. The van der Waals surface area contributed by atoms with Gasteiger partial charge in [0.2, 0.25) is 0 Å². The quantitative estimate of drug-likeness (QED) is 0.655. The molecular formula is C9H8IN. The van der Waals surface area contributed by atoms with Gasteiger partial charge in [0.25, 0.3) is 0 Å². The van der Waals surface area contributed by atoms with Gasteiger partial charge in [-0.05, 0) is 59.7 Å². The number of rotatable bonds is 0. The van der Waals surface area contributed by atoms with Crippen molar-refractivity contribution in [1.29, 1.82) is 5.26 Å². The number of hydrogen-bond donors (Lipinski definition) is 0. The summed E-state index contributed by atoms with van der Waals surface area (Å²) in [6.07, 6.45) is 0. The normalized spacial score (nSPS) is 9.27. The summed E-state index contributed by atoms with van der Waals surface area (Å²) in [7, 11) is 0. The number of nitrogens with zero attached hydrogens (tertiary/aromatic N) is 1. The van der Waals surface area contributed by atoms with E-state index in [9.17, 15) is 0 Å². The van der Waals surface area contributed by atoms with Crippen molar-refractivity contribution in [3.8, 4) is 6.07 Å². The molecule has 0 fully saturated rings. The fourth-order valence-electron chi connectivity index (χ4n) is 0.909. The molecule has 1 nitrogen and oxygen atoms in total. The van der Waals surface area contributed by atoms with Gasteiger partial charge in [-0.2, -0.15) is 5.26 Å². The number of benzene rings is 1. The average Bonchev–Trinajstić information content (AvgIpc) is 2.01. The summed E-state index contributed by atoms with van der Waals surface area (Å²) >= 11 is 2.27. The Kier molecular flexibility index (Phi) is 2.50. The lowest BCUT2D eigenvalue weighted by molar-refractivity contribution is 1.28. The summed E-state index contributed by atoms with van der Waals surface area (Å²) in [6.45, 7) is 4.02. The third kappa shape index (κ3) is 1.54. The van der Waals surface area contributed by atoms with Gasteiger partial charge in [0.15, 0.2) is 0 Å². The Balaban J connectivity index is 3.40. The lowest BCUT2D eigenvalue weighted by atomic mass is 10.1. The van der Waals surface area contributed by atoms with Gasteiger partial charge in [-0.3, -0.25) is 0 Å². The summed E-state index contributed by atoms with van der Waals surface area (Å²) in [4.78, 5) is 0. The second kappa shape index (κ2) is 3.22. The third-order valence-electron chi connectivity index (χ3n) is 1.84. The Morgan fingerprint density at radius 2 is 1.91 bits per heavy atom. The number of nitriles is 1. The van der Waals surface area contributed by atoms with Gasteiger partial charge in [0.1, 0.15) is 0 Å². The molecule has 11 heavy (non-hydrogen) atoms. The molecule has 1 aromatic rings. The Labute approximate surface area is 80.2 Å². The molecule has 56 valence electrons. The highest BCUT2D eigenvalue weighted by Gasteiger charge is 2.02. The van der Waals surface area contributed by atoms with Gasteiger partial charge in [-0.15, -0.1) is 0 Å². The summed E-state index contributed by atoms with van der Waals surface area (Å²) in [5.74, 6) is 0. The molecule has 1 rings (SSSR count). The molecule has 0 heterocycles. The van der Waals surface area contributed by atoms with E-state index in [0.29, 0.717) is 0 Å². The Hall–Kier alpha value is -0.560. The number of hydrogen-bond acceptors (Lipinski definition) is 1. The van der Waals surface area contributed by atoms with Crippen molar-refractivity contribution >= 4 is 22.6 Å². The molecular weight excluding hydrogens is 249 g/mol. The highest BCUT2D eigenvalue weighted by molar-refractivity contribution is 14.1. The first-order valence-electron chi connectivity index (χ1n) is 3.32. The van der Waals surface area contributed by atoms with E-state index >= 15 is 0 Å². The van der Waals surface area contributed by atoms with Gasteiger partial charge in [-0.1, -0.05) is 0 Å². The van der Waals surface area contributed by atoms with Crippen LogP contribution >= 0.6 is 22.6 Å². The Bertz CT molecular complexity index is 323. The van der Waals surface area contributed by atoms with Crippen molar-refractivity contribution in [1.82, 2.24) is 0 Å². The first-order chi connectivity index (χ1) is 5.16. The van der Waals surface area contributed by atoms with Crippen LogP contribution in [0, 0.1) is 28.7 Å². The fraction of sp³-hybridized carbons (Fsp3) is 0.222. The number of halogens is 1. The van der Waals surface area contributed by atoms with E-state index in [1.165, 1.54) is 9.13 Å². The van der Waals surface area contributed by atoms with Crippen molar-refractivity contribution in [2.24, 2.45) is 0 Å². The van der Waals surface area contributed by atoms with Gasteiger partial charge in [0.05, 0.1) is 11.6 Å². The highest BCUT2D eigenvalue weighted by atomic mass is 127. The van der Waals surface area contributed by atoms with Crippen LogP contribution in [0.4, 0.5) is 0 Å². The maximum atomic E-state index is 8.68. The zero-order valence-corrected chi connectivity index (χ0v) is 8.64. The van der Waals surface area contributed by atoms with E-state index in [4.69, 9.17) is 5.26 Å². The van der Waals surface area contributed by atoms with Crippen LogP contribution in [-0.2, 0) is 0 Å². The van der Waals surface area contributed by atoms with Gasteiger partial charge < -0.3 is 0 Å². The molecule has 0 unspecified atom stereocenters. The summed E-state index contributed by atoms with van der Waals surface area (Å²) in [5, 5.41) is 8.68. The molecule has 0 amide bonds. The van der Waals surface area contributed by atoms with Crippen molar-refractivity contribution in [2.75, 3.05) is 0 Å². The van der Waals surface area contributed by atoms with Crippen LogP contribution in [0.1, 0.15) is 16.7 Å². The minimum Gasteiger partial charge on any atom is -0.192 e. The van der Waals surface area contributed by atoms with Crippen LogP contribution < -0.4 is 0 Å². The smallest absolute Gasteiger partial charge is 0.0994 e. The van der Waals surface area contributed by atoms with E-state index in [1.54, 1.807) is 0 Å². The van der Waals surface area contributed by atoms with Crippen LogP contribution in [0.15, 0.2) is 12.1 Å². The van der Waals surface area contributed by atoms with Gasteiger partial charge >= 0.3 is 0 Å². The van der Waals surface area contributed by atoms with Gasteiger partial charge in [0, 0.05) is 3.57 Å². The zero-order valence-electron chi connectivity index (χ0n) is 6.48. The predicted octanol–water partition coefficient (Wildman–Crippen LogP) is 2.78. The van der Waals surface area contributed by atoms with Gasteiger partial charge in [-0.25, -0.2) is 0 Å². The Morgan fingerprint density at radius 3 is 2.45 bits per heavy atom. The minimum absolute atomic E-state index is 0.780. The summed E-state index contributed by atoms with van der Waals surface area (Å²) in [6, 6.07) is 6.00. The predicted molar refractivity (Wildman–Crippen MR) is 53.3 cm³/mol. The van der Waals surface area contributed by atoms with Crippen molar-refractivity contribution in [3.63, 3.8) is 0 Å². The minimum atomic E-state index is 0.780. The lowest BCUT2D eigenvalue weighted by Gasteiger charge is -2.03. The van der Waals surface area contributed by atoms with Crippen LogP contribution in [0.2, 0.25) is 0 Å². The SMILES string of the molecule is Cc1c(I)ccc(C#N)c1C. The Morgan fingerprint density at radius 1 is 1.27 bits per heavy atom. The third-order valence-corrected chi connectivity index (χ3v) is 3.01. The van der Waals surface area contributed by atoms with Crippen molar-refractivity contribution in [3.05, 3.63) is 32.4 Å². The van der Waals surface area contributed by atoms with E-state index in [2.05, 4.69) is 28.7 Å². The van der Waals surface area contributed by atoms with Crippen LogP contribution in [-0.4, -0.2) is 0 Å². The van der Waals surface area contributed by atoms with E-state index in [-0.39, 0.29) is 0 Å². The largest absolute Gasteiger partial charge is 0.192 e. The monoisotopic (exact) mass is 257 g/mol. The van der Waals surface area contributed by atoms with E-state index in [0.717, 1.165) is 11.1 Å². The zero-order chi connectivity index (χ0) is 8.43. The second-order valence-corrected chi connectivity index (χ2v) is 3.62. The fourth-order valence-corrected chi connectivity index (χ4v) is 1.49. The molecule has 0 saturated carbocycles. The molecule has 1 aromatic carbocycles. The molecule has 0 aliphatic heterocycles. The molecule has 2 heteroatoms. The standard InChI is InChI=1S/C9H8IN/c1-6-7(2)9(10)4-3-8(6)5-11/h3-4H,1-2H3. The summed E-state index contributed by atoms with van der Waals surface area (Å²) in [5.41, 5.74) is 3.09. The molecule has 0 atom stereocenters. The molecule has 0 aliphatic carbocycles. The molecule has 0 aromatic heterocycles. The molecule has 0 N–H and O–H groups in total. The molecule has 0 aliphatic rings. The maximum absolute atomic E-state index is 8.68.